The van der Waals surface area contributed by atoms with Crippen molar-refractivity contribution >= 4 is 0 Å². The highest BCUT2D eigenvalue weighted by molar-refractivity contribution is 5.19. The summed E-state index contributed by atoms with van der Waals surface area (Å²) >= 11 is 0. The van der Waals surface area contributed by atoms with E-state index in [-0.39, 0.29) is 6.04 Å². The van der Waals surface area contributed by atoms with E-state index in [1.165, 1.54) is 12.1 Å². The molecule has 0 amide bonds. The fourth-order valence-electron chi connectivity index (χ4n) is 2.30. The van der Waals surface area contributed by atoms with Gasteiger partial charge in [0, 0.05) is 18.6 Å². The Kier molecular flexibility index (Phi) is 4.07. The van der Waals surface area contributed by atoms with Gasteiger partial charge in [-0.25, -0.2) is 8.78 Å². The molecule has 2 rings (SSSR count). The topological polar surface area (TPSA) is 21.3 Å². The van der Waals surface area contributed by atoms with Crippen LogP contribution in [0.25, 0.3) is 0 Å². The van der Waals surface area contributed by atoms with Gasteiger partial charge in [0.25, 0.3) is 0 Å². The molecular formula is C13H17F2NO. The lowest BCUT2D eigenvalue weighted by atomic mass is 9.93. The molecule has 2 nitrogen and oxygen atoms in total. The van der Waals surface area contributed by atoms with Crippen LogP contribution < -0.4 is 5.32 Å². The summed E-state index contributed by atoms with van der Waals surface area (Å²) < 4.78 is 31.2. The van der Waals surface area contributed by atoms with E-state index in [1.54, 1.807) is 6.07 Å². The van der Waals surface area contributed by atoms with Crippen LogP contribution in [0, 0.1) is 17.6 Å². The van der Waals surface area contributed by atoms with Gasteiger partial charge < -0.3 is 10.1 Å². The lowest BCUT2D eigenvalue weighted by Gasteiger charge is -2.21. The van der Waals surface area contributed by atoms with E-state index in [2.05, 4.69) is 5.32 Å². The Morgan fingerprint density at radius 2 is 2.24 bits per heavy atom. The van der Waals surface area contributed by atoms with Gasteiger partial charge >= 0.3 is 0 Å². The lowest BCUT2D eigenvalue weighted by Crippen LogP contribution is -2.35. The van der Waals surface area contributed by atoms with Gasteiger partial charge in [-0.15, -0.1) is 0 Å². The van der Waals surface area contributed by atoms with Crippen molar-refractivity contribution in [3.63, 3.8) is 0 Å². The molecule has 17 heavy (non-hydrogen) atoms. The molecule has 0 spiro atoms. The van der Waals surface area contributed by atoms with Gasteiger partial charge in [0.15, 0.2) is 11.6 Å². The van der Waals surface area contributed by atoms with Gasteiger partial charge in [0.1, 0.15) is 0 Å². The molecule has 1 N–H and O–H groups in total. The molecule has 0 bridgehead atoms. The van der Waals surface area contributed by atoms with E-state index in [1.807, 2.05) is 7.05 Å². The van der Waals surface area contributed by atoms with Gasteiger partial charge in [-0.2, -0.15) is 0 Å². The van der Waals surface area contributed by atoms with E-state index < -0.39 is 11.6 Å². The Morgan fingerprint density at radius 3 is 2.82 bits per heavy atom. The van der Waals surface area contributed by atoms with Gasteiger partial charge in [-0.1, -0.05) is 6.07 Å². The molecule has 1 fully saturated rings. The highest BCUT2D eigenvalue weighted by Crippen LogP contribution is 2.20. The van der Waals surface area contributed by atoms with Crippen LogP contribution in [0.15, 0.2) is 18.2 Å². The van der Waals surface area contributed by atoms with Crippen LogP contribution in [-0.4, -0.2) is 26.3 Å². The third-order valence-corrected chi connectivity index (χ3v) is 3.34. The van der Waals surface area contributed by atoms with Crippen LogP contribution in [0.5, 0.6) is 0 Å². The van der Waals surface area contributed by atoms with Crippen molar-refractivity contribution in [2.75, 3.05) is 20.3 Å². The molecule has 0 saturated carbocycles. The Balaban J connectivity index is 2.04. The quantitative estimate of drug-likeness (QED) is 0.872. The van der Waals surface area contributed by atoms with E-state index in [0.717, 1.165) is 25.2 Å². The zero-order valence-corrected chi connectivity index (χ0v) is 9.88. The Labute approximate surface area is 100.0 Å². The second kappa shape index (κ2) is 5.56. The summed E-state index contributed by atoms with van der Waals surface area (Å²) in [4.78, 5) is 0. The van der Waals surface area contributed by atoms with E-state index in [0.29, 0.717) is 12.3 Å². The Hall–Kier alpha value is -1.00. The van der Waals surface area contributed by atoms with Crippen LogP contribution in [-0.2, 0) is 11.2 Å². The lowest BCUT2D eigenvalue weighted by molar-refractivity contribution is 0.177. The molecule has 1 aromatic rings. The first-order valence-corrected chi connectivity index (χ1v) is 5.89. The standard InChI is InChI=1S/C13H17F2NO/c1-16-13(10-4-5-17-8-10)7-9-2-3-11(14)12(15)6-9/h2-3,6,10,13,16H,4-5,7-8H2,1H3. The summed E-state index contributed by atoms with van der Waals surface area (Å²) in [5.41, 5.74) is 0.815. The summed E-state index contributed by atoms with van der Waals surface area (Å²) in [5, 5.41) is 3.23. The van der Waals surface area contributed by atoms with Crippen LogP contribution in [0.4, 0.5) is 8.78 Å². The maximum absolute atomic E-state index is 13.1. The van der Waals surface area contributed by atoms with Gasteiger partial charge in [0.2, 0.25) is 0 Å². The normalized spacial score (nSPS) is 21.7. The monoisotopic (exact) mass is 241 g/mol. The fraction of sp³-hybridized carbons (Fsp3) is 0.538. The minimum absolute atomic E-state index is 0.252. The van der Waals surface area contributed by atoms with Crippen molar-refractivity contribution in [3.8, 4) is 0 Å². The van der Waals surface area contributed by atoms with E-state index in [4.69, 9.17) is 4.74 Å². The molecule has 1 saturated heterocycles. The second-order valence-corrected chi connectivity index (χ2v) is 4.47. The first kappa shape index (κ1) is 12.5. The van der Waals surface area contributed by atoms with Crippen molar-refractivity contribution < 1.29 is 13.5 Å². The number of rotatable bonds is 4. The van der Waals surface area contributed by atoms with Gasteiger partial charge in [-0.05, 0) is 37.6 Å². The largest absolute Gasteiger partial charge is 0.381 e. The van der Waals surface area contributed by atoms with E-state index in [9.17, 15) is 8.78 Å². The predicted molar refractivity (Wildman–Crippen MR) is 61.8 cm³/mol. The van der Waals surface area contributed by atoms with Gasteiger partial charge in [0.05, 0.1) is 6.61 Å². The predicted octanol–water partition coefficient (Wildman–Crippen LogP) is 2.13. The van der Waals surface area contributed by atoms with Crippen molar-refractivity contribution in [1.82, 2.24) is 5.32 Å². The van der Waals surface area contributed by atoms with Crippen LogP contribution in [0.1, 0.15) is 12.0 Å². The van der Waals surface area contributed by atoms with E-state index >= 15 is 0 Å². The van der Waals surface area contributed by atoms with Crippen LogP contribution in [0.2, 0.25) is 0 Å². The summed E-state index contributed by atoms with van der Waals surface area (Å²) in [5.74, 6) is -1.12. The molecule has 4 heteroatoms. The number of nitrogens with one attached hydrogen (secondary N) is 1. The van der Waals surface area contributed by atoms with Crippen molar-refractivity contribution in [1.29, 1.82) is 0 Å². The molecule has 1 aliphatic rings. The molecule has 2 unspecified atom stereocenters. The molecule has 0 aromatic heterocycles. The zero-order valence-electron chi connectivity index (χ0n) is 9.88. The number of benzene rings is 1. The van der Waals surface area contributed by atoms with Crippen LogP contribution >= 0.6 is 0 Å². The molecule has 1 heterocycles. The smallest absolute Gasteiger partial charge is 0.159 e. The van der Waals surface area contributed by atoms with Crippen molar-refractivity contribution in [3.05, 3.63) is 35.4 Å². The number of likely N-dealkylation sites (N-methyl/N-ethyl adjacent to an activating group) is 1. The first-order chi connectivity index (χ1) is 8.20. The summed E-state index contributed by atoms with van der Waals surface area (Å²) in [6.45, 7) is 1.54. The number of halogens is 2. The highest BCUT2D eigenvalue weighted by atomic mass is 19.2. The Bertz CT molecular complexity index is 378. The third kappa shape index (κ3) is 3.01. The second-order valence-electron chi connectivity index (χ2n) is 4.47. The maximum atomic E-state index is 13.1. The fourth-order valence-corrected chi connectivity index (χ4v) is 2.30. The number of hydrogen-bond donors (Lipinski definition) is 1. The average molecular weight is 241 g/mol. The SMILES string of the molecule is CNC(Cc1ccc(F)c(F)c1)C1CCOC1. The number of hydrogen-bond acceptors (Lipinski definition) is 2. The minimum atomic E-state index is -0.793. The molecule has 1 aromatic carbocycles. The maximum Gasteiger partial charge on any atom is 0.159 e. The summed E-state index contributed by atoms with van der Waals surface area (Å²) in [6.07, 6.45) is 1.72. The van der Waals surface area contributed by atoms with Crippen molar-refractivity contribution in [2.45, 2.75) is 18.9 Å². The molecule has 2 atom stereocenters. The molecule has 0 radical (unpaired) electrons. The molecule has 94 valence electrons. The molecule has 0 aliphatic carbocycles. The average Bonchev–Trinajstić information content (AvgIpc) is 2.84. The zero-order chi connectivity index (χ0) is 12.3. The minimum Gasteiger partial charge on any atom is -0.381 e. The first-order valence-electron chi connectivity index (χ1n) is 5.89. The summed E-state index contributed by atoms with van der Waals surface area (Å²) in [7, 11) is 1.89. The van der Waals surface area contributed by atoms with Gasteiger partial charge in [-0.3, -0.25) is 0 Å². The van der Waals surface area contributed by atoms with Crippen LogP contribution in [0.3, 0.4) is 0 Å². The molecular weight excluding hydrogens is 224 g/mol. The number of ether oxygens (including phenoxy) is 1. The Morgan fingerprint density at radius 1 is 1.41 bits per heavy atom. The molecule has 1 aliphatic heterocycles. The summed E-state index contributed by atoms with van der Waals surface area (Å²) in [6, 6.07) is 4.35. The highest BCUT2D eigenvalue weighted by Gasteiger charge is 2.24. The third-order valence-electron chi connectivity index (χ3n) is 3.34. The van der Waals surface area contributed by atoms with Crippen molar-refractivity contribution in [2.24, 2.45) is 5.92 Å².